The largest absolute Gasteiger partial charge is 0.351 e. The molecule has 3 atom stereocenters. The molecular weight excluding hydrogens is 430 g/mol. The van der Waals surface area contributed by atoms with Crippen LogP contribution in [0.2, 0.25) is 5.02 Å². The van der Waals surface area contributed by atoms with Crippen molar-refractivity contribution in [3.8, 4) is 0 Å². The highest BCUT2D eigenvalue weighted by molar-refractivity contribution is 7.17. The second-order valence-corrected chi connectivity index (χ2v) is 10.4. The van der Waals surface area contributed by atoms with Gasteiger partial charge in [-0.3, -0.25) is 14.5 Å². The number of anilines is 1. The normalized spacial score (nSPS) is 26.2. The van der Waals surface area contributed by atoms with E-state index in [4.69, 9.17) is 11.6 Å². The van der Waals surface area contributed by atoms with Gasteiger partial charge in [0.1, 0.15) is 11.2 Å². The smallest absolute Gasteiger partial charge is 0.275 e. The van der Waals surface area contributed by atoms with Gasteiger partial charge < -0.3 is 9.88 Å². The van der Waals surface area contributed by atoms with E-state index in [1.807, 2.05) is 41.1 Å². The zero-order valence-electron chi connectivity index (χ0n) is 17.7. The zero-order chi connectivity index (χ0) is 21.8. The van der Waals surface area contributed by atoms with Crippen LogP contribution >= 0.6 is 22.9 Å². The van der Waals surface area contributed by atoms with E-state index in [0.717, 1.165) is 29.5 Å². The highest BCUT2D eigenvalue weighted by atomic mass is 35.5. The minimum atomic E-state index is -1.05. The first-order valence-electron chi connectivity index (χ1n) is 10.9. The molecule has 2 aromatic heterocycles. The number of hydrogen-bond donors (Lipinski definition) is 1. The van der Waals surface area contributed by atoms with E-state index in [1.54, 1.807) is 28.4 Å². The summed E-state index contributed by atoms with van der Waals surface area (Å²) in [4.78, 5) is 29.2. The molecule has 162 valence electrons. The molecule has 7 heteroatoms. The van der Waals surface area contributed by atoms with Crippen molar-refractivity contribution < 1.29 is 9.59 Å². The number of rotatable bonds is 3. The minimum absolute atomic E-state index is 0.0997. The van der Waals surface area contributed by atoms with Gasteiger partial charge >= 0.3 is 0 Å². The number of amides is 2. The van der Waals surface area contributed by atoms with Crippen molar-refractivity contribution >= 4 is 50.7 Å². The van der Waals surface area contributed by atoms with Crippen molar-refractivity contribution in [3.05, 3.63) is 52.5 Å². The molecular formula is C24H26ClN3O2S. The number of nitrogens with one attached hydrogen (secondary N) is 1. The lowest BCUT2D eigenvalue weighted by molar-refractivity contribution is -0.127. The third-order valence-corrected chi connectivity index (χ3v) is 8.01. The first kappa shape index (κ1) is 20.6. The maximum absolute atomic E-state index is 13.8. The molecule has 3 heterocycles. The van der Waals surface area contributed by atoms with Gasteiger partial charge in [-0.1, -0.05) is 31.4 Å². The van der Waals surface area contributed by atoms with Crippen molar-refractivity contribution in [1.82, 2.24) is 9.88 Å². The standard InChI is InChI=1S/C24H26ClN3O2S/c1-15-5-3-4-6-18(15)26-23(30)24(2)14-27-19-11-12-31-21(19)13-20(27)22(29)28(24)17-9-7-16(25)8-10-17/h7-13,15,18H,3-6,14H2,1-2H3,(H,26,30)/t15-,18-,24-/m1/s1. The van der Waals surface area contributed by atoms with E-state index < -0.39 is 5.54 Å². The molecule has 0 saturated heterocycles. The molecule has 0 unspecified atom stereocenters. The fourth-order valence-electron chi connectivity index (χ4n) is 5.06. The Balaban J connectivity index is 1.59. The minimum Gasteiger partial charge on any atom is -0.351 e. The number of thiophene rings is 1. The summed E-state index contributed by atoms with van der Waals surface area (Å²) in [7, 11) is 0. The summed E-state index contributed by atoms with van der Waals surface area (Å²) >= 11 is 7.71. The highest BCUT2D eigenvalue weighted by Gasteiger charge is 2.49. The lowest BCUT2D eigenvalue weighted by atomic mass is 9.85. The second-order valence-electron chi connectivity index (χ2n) is 9.02. The fraction of sp³-hybridized carbons (Fsp3) is 0.417. The Morgan fingerprint density at radius 1 is 1.19 bits per heavy atom. The molecule has 1 aromatic carbocycles. The van der Waals surface area contributed by atoms with Gasteiger partial charge in [0.2, 0.25) is 5.91 Å². The molecule has 5 rings (SSSR count). The van der Waals surface area contributed by atoms with E-state index in [9.17, 15) is 9.59 Å². The van der Waals surface area contributed by atoms with Crippen LogP contribution in [0.5, 0.6) is 0 Å². The Kier molecular flexibility index (Phi) is 5.10. The van der Waals surface area contributed by atoms with E-state index in [0.29, 0.717) is 28.9 Å². The molecule has 1 aliphatic carbocycles. The fourth-order valence-corrected chi connectivity index (χ4v) is 6.01. The maximum Gasteiger partial charge on any atom is 0.275 e. The monoisotopic (exact) mass is 455 g/mol. The molecule has 31 heavy (non-hydrogen) atoms. The summed E-state index contributed by atoms with van der Waals surface area (Å²) in [6.07, 6.45) is 4.45. The Bertz CT molecular complexity index is 1150. The van der Waals surface area contributed by atoms with Crippen LogP contribution in [0, 0.1) is 5.92 Å². The molecule has 1 fully saturated rings. The lowest BCUT2D eigenvalue weighted by Gasteiger charge is -2.45. The number of halogens is 1. The predicted molar refractivity (Wildman–Crippen MR) is 126 cm³/mol. The van der Waals surface area contributed by atoms with E-state index in [1.165, 1.54) is 6.42 Å². The topological polar surface area (TPSA) is 54.3 Å². The average Bonchev–Trinajstić information content (AvgIpc) is 3.33. The molecule has 1 saturated carbocycles. The van der Waals surface area contributed by atoms with Gasteiger partial charge in [0.25, 0.3) is 5.91 Å². The number of fused-ring (bicyclic) bond motifs is 3. The van der Waals surface area contributed by atoms with Gasteiger partial charge in [0, 0.05) is 16.8 Å². The number of carbonyl (C=O) groups is 2. The summed E-state index contributed by atoms with van der Waals surface area (Å²) in [6.45, 7) is 4.49. The summed E-state index contributed by atoms with van der Waals surface area (Å²) < 4.78 is 3.06. The predicted octanol–water partition coefficient (Wildman–Crippen LogP) is 5.47. The van der Waals surface area contributed by atoms with E-state index >= 15 is 0 Å². The first-order valence-corrected chi connectivity index (χ1v) is 12.1. The second kappa shape index (κ2) is 7.68. The summed E-state index contributed by atoms with van der Waals surface area (Å²) in [5.41, 5.74) is 1.25. The van der Waals surface area contributed by atoms with Gasteiger partial charge in [-0.05, 0) is 67.5 Å². The van der Waals surface area contributed by atoms with Crippen LogP contribution in [0.1, 0.15) is 50.0 Å². The quantitative estimate of drug-likeness (QED) is 0.569. The molecule has 0 bridgehead atoms. The van der Waals surface area contributed by atoms with Gasteiger partial charge in [-0.2, -0.15) is 0 Å². The van der Waals surface area contributed by atoms with Crippen LogP contribution in [0.15, 0.2) is 41.8 Å². The highest BCUT2D eigenvalue weighted by Crippen LogP contribution is 2.38. The lowest BCUT2D eigenvalue weighted by Crippen LogP contribution is -2.65. The maximum atomic E-state index is 13.8. The molecule has 2 amide bonds. The molecule has 3 aromatic rings. The molecule has 1 N–H and O–H groups in total. The Labute approximate surface area is 191 Å². The Morgan fingerprint density at radius 2 is 1.94 bits per heavy atom. The third-order valence-electron chi connectivity index (χ3n) is 6.91. The van der Waals surface area contributed by atoms with Crippen LogP contribution in [-0.4, -0.2) is 28.0 Å². The molecule has 2 aliphatic rings. The molecule has 0 spiro atoms. The summed E-state index contributed by atoms with van der Waals surface area (Å²) in [5.74, 6) is 0.180. The van der Waals surface area contributed by atoms with Crippen molar-refractivity contribution in [2.45, 2.75) is 57.7 Å². The van der Waals surface area contributed by atoms with Crippen LogP contribution < -0.4 is 10.2 Å². The first-order chi connectivity index (χ1) is 14.9. The summed E-state index contributed by atoms with van der Waals surface area (Å²) in [6, 6.07) is 11.3. The Morgan fingerprint density at radius 3 is 2.68 bits per heavy atom. The van der Waals surface area contributed by atoms with Crippen molar-refractivity contribution in [2.24, 2.45) is 5.92 Å². The number of aromatic nitrogens is 1. The van der Waals surface area contributed by atoms with Crippen LogP contribution in [0.4, 0.5) is 5.69 Å². The zero-order valence-corrected chi connectivity index (χ0v) is 19.3. The van der Waals surface area contributed by atoms with Crippen molar-refractivity contribution in [3.63, 3.8) is 0 Å². The molecule has 0 radical (unpaired) electrons. The van der Waals surface area contributed by atoms with Crippen molar-refractivity contribution in [1.29, 1.82) is 0 Å². The van der Waals surface area contributed by atoms with E-state index in [2.05, 4.69) is 12.2 Å². The SMILES string of the molecule is C[C@@H]1CCCC[C@H]1NC(=O)[C@@]1(C)Cn2c(cc3sccc32)C(=O)N1c1ccc(Cl)cc1. The van der Waals surface area contributed by atoms with E-state index in [-0.39, 0.29) is 17.9 Å². The molecule has 5 nitrogen and oxygen atoms in total. The van der Waals surface area contributed by atoms with Gasteiger partial charge in [0.15, 0.2) is 0 Å². The number of nitrogens with zero attached hydrogens (tertiary/aromatic N) is 2. The number of carbonyl (C=O) groups excluding carboxylic acids is 2. The van der Waals surface area contributed by atoms with Crippen molar-refractivity contribution in [2.75, 3.05) is 4.90 Å². The van der Waals surface area contributed by atoms with Gasteiger partial charge in [-0.25, -0.2) is 0 Å². The number of hydrogen-bond acceptors (Lipinski definition) is 3. The average molecular weight is 456 g/mol. The third kappa shape index (κ3) is 3.37. The van der Waals surface area contributed by atoms with Gasteiger partial charge in [-0.15, -0.1) is 11.3 Å². The van der Waals surface area contributed by atoms with Crippen LogP contribution in [0.3, 0.4) is 0 Å². The van der Waals surface area contributed by atoms with Crippen LogP contribution in [-0.2, 0) is 11.3 Å². The molecule has 1 aliphatic heterocycles. The van der Waals surface area contributed by atoms with Gasteiger partial charge in [0.05, 0.1) is 16.8 Å². The summed E-state index contributed by atoms with van der Waals surface area (Å²) in [5, 5.41) is 5.93. The Hall–Kier alpha value is -2.31. The number of benzene rings is 1. The van der Waals surface area contributed by atoms with Crippen LogP contribution in [0.25, 0.3) is 10.2 Å².